The van der Waals surface area contributed by atoms with E-state index < -0.39 is 17.6 Å². The highest BCUT2D eigenvalue weighted by Crippen LogP contribution is 2.33. The van der Waals surface area contributed by atoms with E-state index in [0.717, 1.165) is 11.0 Å². The lowest BCUT2D eigenvalue weighted by Crippen LogP contribution is -2.29. The van der Waals surface area contributed by atoms with Crippen LogP contribution in [0.4, 0.5) is 10.1 Å². The number of hydrogen-bond acceptors (Lipinski definition) is 2. The average molecular weight is 310 g/mol. The van der Waals surface area contributed by atoms with Gasteiger partial charge in [-0.3, -0.25) is 9.59 Å². The van der Waals surface area contributed by atoms with Crippen molar-refractivity contribution in [2.24, 2.45) is 0 Å². The predicted molar refractivity (Wildman–Crippen MR) is 74.0 cm³/mol. The van der Waals surface area contributed by atoms with Gasteiger partial charge < -0.3 is 0 Å². The van der Waals surface area contributed by atoms with Gasteiger partial charge in [-0.15, -0.1) is 0 Å². The van der Waals surface area contributed by atoms with Crippen LogP contribution in [-0.4, -0.2) is 11.8 Å². The molecule has 0 aromatic heterocycles. The maximum Gasteiger partial charge on any atom is 0.267 e. The molecule has 0 spiro atoms. The number of fused-ring (bicyclic) bond motifs is 1. The number of halogens is 3. The number of carbonyl (C=O) groups excluding carboxylic acids is 2. The van der Waals surface area contributed by atoms with Gasteiger partial charge in [0.05, 0.1) is 26.9 Å². The number of amides is 2. The van der Waals surface area contributed by atoms with E-state index in [2.05, 4.69) is 0 Å². The van der Waals surface area contributed by atoms with Gasteiger partial charge in [0, 0.05) is 0 Å². The highest BCUT2D eigenvalue weighted by Gasteiger charge is 2.38. The minimum absolute atomic E-state index is 0.152. The molecule has 1 aliphatic heterocycles. The SMILES string of the molecule is O=C1c2cccc(Cl)c2C(=O)N1c1ccc(F)c(Cl)c1. The third-order valence-electron chi connectivity index (χ3n) is 3.03. The van der Waals surface area contributed by atoms with Crippen LogP contribution in [-0.2, 0) is 0 Å². The molecule has 2 aromatic rings. The number of nitrogens with zero attached hydrogens (tertiary/aromatic N) is 1. The molecule has 6 heteroatoms. The molecule has 2 amide bonds. The van der Waals surface area contributed by atoms with Crippen molar-refractivity contribution >= 4 is 40.7 Å². The summed E-state index contributed by atoms with van der Waals surface area (Å²) in [5, 5.41) is 0.0433. The molecule has 20 heavy (non-hydrogen) atoms. The second-order valence-electron chi connectivity index (χ2n) is 4.21. The Kier molecular flexibility index (Phi) is 3.00. The van der Waals surface area contributed by atoms with E-state index in [-0.39, 0.29) is 26.9 Å². The summed E-state index contributed by atoms with van der Waals surface area (Å²) in [6.07, 6.45) is 0. The molecule has 3 rings (SSSR count). The van der Waals surface area contributed by atoms with Crippen LogP contribution in [0.25, 0.3) is 0 Å². The van der Waals surface area contributed by atoms with Crippen molar-refractivity contribution in [3.63, 3.8) is 0 Å². The molecule has 0 atom stereocenters. The Morgan fingerprint density at radius 3 is 2.35 bits per heavy atom. The lowest BCUT2D eigenvalue weighted by atomic mass is 10.1. The lowest BCUT2D eigenvalue weighted by Gasteiger charge is -2.14. The Morgan fingerprint density at radius 2 is 1.70 bits per heavy atom. The molecule has 0 fully saturated rings. The Bertz CT molecular complexity index is 761. The van der Waals surface area contributed by atoms with Crippen molar-refractivity contribution in [1.29, 1.82) is 0 Å². The summed E-state index contributed by atoms with van der Waals surface area (Å²) < 4.78 is 13.2. The van der Waals surface area contributed by atoms with Gasteiger partial charge >= 0.3 is 0 Å². The van der Waals surface area contributed by atoms with E-state index in [1.807, 2.05) is 0 Å². The zero-order chi connectivity index (χ0) is 14.4. The number of hydrogen-bond donors (Lipinski definition) is 0. The van der Waals surface area contributed by atoms with Crippen LogP contribution in [0.3, 0.4) is 0 Å². The number of anilines is 1. The number of rotatable bonds is 1. The largest absolute Gasteiger partial charge is 0.268 e. The first kappa shape index (κ1) is 13.1. The molecule has 0 aliphatic carbocycles. The van der Waals surface area contributed by atoms with Gasteiger partial charge in [0.15, 0.2) is 0 Å². The summed E-state index contributed by atoms with van der Waals surface area (Å²) in [5.41, 5.74) is 0.584. The highest BCUT2D eigenvalue weighted by molar-refractivity contribution is 6.42. The quantitative estimate of drug-likeness (QED) is 0.748. The van der Waals surface area contributed by atoms with Crippen LogP contribution in [0.5, 0.6) is 0 Å². The molecule has 2 aromatic carbocycles. The number of benzene rings is 2. The molecule has 0 N–H and O–H groups in total. The number of imide groups is 1. The van der Waals surface area contributed by atoms with Gasteiger partial charge in [0.25, 0.3) is 11.8 Å². The van der Waals surface area contributed by atoms with Gasteiger partial charge in [-0.2, -0.15) is 0 Å². The second-order valence-corrected chi connectivity index (χ2v) is 5.02. The van der Waals surface area contributed by atoms with E-state index >= 15 is 0 Å². The zero-order valence-electron chi connectivity index (χ0n) is 9.86. The van der Waals surface area contributed by atoms with Gasteiger partial charge in [-0.25, -0.2) is 9.29 Å². The van der Waals surface area contributed by atoms with Gasteiger partial charge in [0.1, 0.15) is 5.82 Å². The highest BCUT2D eigenvalue weighted by atomic mass is 35.5. The molecule has 3 nitrogen and oxygen atoms in total. The molecule has 0 radical (unpaired) electrons. The summed E-state index contributed by atoms with van der Waals surface area (Å²) in [6.45, 7) is 0. The standard InChI is InChI=1S/C14H6Cl2FNO2/c15-9-3-1-2-8-12(9)14(20)18(13(8)19)7-4-5-11(17)10(16)6-7/h1-6H. The summed E-state index contributed by atoms with van der Waals surface area (Å²) in [7, 11) is 0. The van der Waals surface area contributed by atoms with Crippen LogP contribution in [0.1, 0.15) is 20.7 Å². The smallest absolute Gasteiger partial charge is 0.267 e. The first-order valence-electron chi connectivity index (χ1n) is 5.63. The average Bonchev–Trinajstić information content (AvgIpc) is 2.67. The van der Waals surface area contributed by atoms with Gasteiger partial charge in [-0.1, -0.05) is 29.3 Å². The van der Waals surface area contributed by atoms with Crippen molar-refractivity contribution in [2.45, 2.75) is 0 Å². The van der Waals surface area contributed by atoms with Crippen LogP contribution in [0, 0.1) is 5.82 Å². The molecule has 0 bridgehead atoms. The lowest BCUT2D eigenvalue weighted by molar-refractivity contribution is 0.0926. The second kappa shape index (κ2) is 4.58. The van der Waals surface area contributed by atoms with Crippen LogP contribution in [0.2, 0.25) is 10.0 Å². The van der Waals surface area contributed by atoms with E-state index in [9.17, 15) is 14.0 Å². The summed E-state index contributed by atoms with van der Waals surface area (Å²) in [6, 6.07) is 8.29. The Balaban J connectivity index is 2.14. The van der Waals surface area contributed by atoms with E-state index in [4.69, 9.17) is 23.2 Å². The Morgan fingerprint density at radius 1 is 0.950 bits per heavy atom. The summed E-state index contributed by atoms with van der Waals surface area (Å²) >= 11 is 11.6. The Hall–Kier alpha value is -1.91. The first-order valence-corrected chi connectivity index (χ1v) is 6.38. The monoisotopic (exact) mass is 309 g/mol. The van der Waals surface area contributed by atoms with Crippen molar-refractivity contribution in [3.8, 4) is 0 Å². The Labute approximate surface area is 123 Å². The van der Waals surface area contributed by atoms with Crippen molar-refractivity contribution < 1.29 is 14.0 Å². The van der Waals surface area contributed by atoms with Crippen molar-refractivity contribution in [1.82, 2.24) is 0 Å². The van der Waals surface area contributed by atoms with E-state index in [1.54, 1.807) is 6.07 Å². The van der Waals surface area contributed by atoms with Crippen LogP contribution >= 0.6 is 23.2 Å². The van der Waals surface area contributed by atoms with Crippen molar-refractivity contribution in [3.05, 3.63) is 63.4 Å². The maximum atomic E-state index is 13.2. The van der Waals surface area contributed by atoms with E-state index in [1.165, 1.54) is 24.3 Å². The molecule has 1 heterocycles. The molecule has 0 saturated heterocycles. The molecular weight excluding hydrogens is 304 g/mol. The molecular formula is C14H6Cl2FNO2. The fourth-order valence-electron chi connectivity index (χ4n) is 2.10. The predicted octanol–water partition coefficient (Wildman–Crippen LogP) is 3.93. The minimum atomic E-state index is -0.620. The molecule has 0 unspecified atom stereocenters. The summed E-state index contributed by atoms with van der Waals surface area (Å²) in [4.78, 5) is 25.5. The molecule has 1 aliphatic rings. The molecule has 0 saturated carbocycles. The normalized spacial score (nSPS) is 13.8. The fraction of sp³-hybridized carbons (Fsp3) is 0. The maximum absolute atomic E-state index is 13.2. The number of carbonyl (C=O) groups is 2. The van der Waals surface area contributed by atoms with Crippen molar-refractivity contribution in [2.75, 3.05) is 4.90 Å². The van der Waals surface area contributed by atoms with E-state index in [0.29, 0.717) is 0 Å². The minimum Gasteiger partial charge on any atom is -0.268 e. The first-order chi connectivity index (χ1) is 9.50. The topological polar surface area (TPSA) is 37.4 Å². The third kappa shape index (κ3) is 1.80. The third-order valence-corrected chi connectivity index (χ3v) is 3.63. The van der Waals surface area contributed by atoms with Crippen LogP contribution < -0.4 is 4.90 Å². The fourth-order valence-corrected chi connectivity index (χ4v) is 2.53. The van der Waals surface area contributed by atoms with Crippen LogP contribution in [0.15, 0.2) is 36.4 Å². The van der Waals surface area contributed by atoms with Gasteiger partial charge in [0.2, 0.25) is 0 Å². The summed E-state index contributed by atoms with van der Waals surface area (Å²) in [5.74, 6) is -1.67. The van der Waals surface area contributed by atoms with Gasteiger partial charge in [-0.05, 0) is 30.3 Å². The zero-order valence-corrected chi connectivity index (χ0v) is 11.4. The molecule has 100 valence electrons.